The number of allylic oxidation sites excluding steroid dienone is 9. The third-order valence-corrected chi connectivity index (χ3v) is 8.53. The van der Waals surface area contributed by atoms with E-state index in [1.165, 1.54) is 10.6 Å². The van der Waals surface area contributed by atoms with Crippen molar-refractivity contribution in [2.24, 2.45) is 4.99 Å². The van der Waals surface area contributed by atoms with Gasteiger partial charge in [0.05, 0.1) is 11.0 Å². The van der Waals surface area contributed by atoms with Crippen molar-refractivity contribution in [1.29, 1.82) is 0 Å². The summed E-state index contributed by atoms with van der Waals surface area (Å²) in [4.78, 5) is 35.9. The fraction of sp³-hybridized carbons (Fsp3) is 0.382. The summed E-state index contributed by atoms with van der Waals surface area (Å²) in [6.07, 6.45) is 17.6. The topological polar surface area (TPSA) is 90.6 Å². The zero-order valence-electron chi connectivity index (χ0n) is 26.2. The molecule has 0 saturated carbocycles. The Morgan fingerprint density at radius 2 is 1.87 bits per heavy atom. The smallest absolute Gasteiger partial charge is 0.441 e. The number of pyridine rings is 1. The fourth-order valence-corrected chi connectivity index (χ4v) is 6.09. The van der Waals surface area contributed by atoms with Gasteiger partial charge in [0.15, 0.2) is 0 Å². The van der Waals surface area contributed by atoms with Crippen molar-refractivity contribution in [2.45, 2.75) is 38.4 Å². The summed E-state index contributed by atoms with van der Waals surface area (Å²) in [7, 11) is 0. The molecule has 1 unspecified atom stereocenters. The summed E-state index contributed by atoms with van der Waals surface area (Å²) in [6, 6.07) is 0. The third kappa shape index (κ3) is 8.06. The Balaban J connectivity index is 1.61. The highest BCUT2D eigenvalue weighted by atomic mass is 35.5. The van der Waals surface area contributed by atoms with Crippen molar-refractivity contribution in [2.75, 3.05) is 45.8 Å². The molecule has 1 saturated heterocycles. The Labute approximate surface area is 275 Å². The standard InChI is InChI=1S/C34H37ClF3N5O4/c1-3-40(4-2)21-23-9-8-10-24(13-12-23)43-22-26(33(45)46)32(44)25-19-27(36)31(29(20-28(25)43)47-34(35,37)38)42-17-15-41(16-18-42)30-11-6-5-7-14-39-30/h5,7-8,10-14,19-20,22,29H,3-4,6,9,15-18,21H2,1-2H3,(H,45,46). The highest BCUT2D eigenvalue weighted by Crippen LogP contribution is 2.31. The summed E-state index contributed by atoms with van der Waals surface area (Å²) in [5.74, 6) is -1.76. The van der Waals surface area contributed by atoms with Crippen LogP contribution in [-0.4, -0.2) is 94.0 Å². The molecule has 1 atom stereocenters. The number of hydrogen-bond acceptors (Lipinski definition) is 7. The van der Waals surface area contributed by atoms with E-state index in [1.807, 2.05) is 35.3 Å². The van der Waals surface area contributed by atoms with Crippen molar-refractivity contribution < 1.29 is 27.8 Å². The van der Waals surface area contributed by atoms with E-state index >= 15 is 4.39 Å². The molecule has 9 nitrogen and oxygen atoms in total. The number of fused-ring (bicyclic) bond motifs is 1. The van der Waals surface area contributed by atoms with Gasteiger partial charge in [0, 0.05) is 56.1 Å². The van der Waals surface area contributed by atoms with E-state index in [0.29, 0.717) is 31.6 Å². The molecule has 0 radical (unpaired) electrons. The Morgan fingerprint density at radius 3 is 2.55 bits per heavy atom. The number of alkyl halides is 3. The number of aromatic nitrogens is 1. The first-order valence-electron chi connectivity index (χ1n) is 15.5. The number of rotatable bonds is 10. The van der Waals surface area contributed by atoms with E-state index in [2.05, 4.69) is 23.7 Å². The van der Waals surface area contributed by atoms with Crippen molar-refractivity contribution in [3.05, 3.63) is 98.0 Å². The zero-order valence-corrected chi connectivity index (χ0v) is 27.0. The predicted octanol–water partition coefficient (Wildman–Crippen LogP) is 4.04. The van der Waals surface area contributed by atoms with E-state index in [1.54, 1.807) is 23.3 Å². The van der Waals surface area contributed by atoms with Crippen molar-refractivity contribution in [3.8, 4) is 0 Å². The van der Waals surface area contributed by atoms with Gasteiger partial charge >= 0.3 is 11.5 Å². The molecule has 0 spiro atoms. The van der Waals surface area contributed by atoms with Gasteiger partial charge in [-0.25, -0.2) is 14.2 Å². The van der Waals surface area contributed by atoms with Crippen LogP contribution in [0.15, 0.2) is 81.4 Å². The highest BCUT2D eigenvalue weighted by Gasteiger charge is 2.37. The largest absolute Gasteiger partial charge is 0.477 e. The molecule has 3 heterocycles. The molecule has 250 valence electrons. The SMILES string of the molecule is CCN(CC)CC1=CC=C(n2cc(C(=O)O)c(=O)c3c2=CC(OC(F)(F)Cl)C(N2CCN(C4=CCC=CC=N4)CC2)=C(F)C=3)C=CC1. The molecule has 13 heteroatoms. The van der Waals surface area contributed by atoms with Crippen LogP contribution < -0.4 is 16.0 Å². The van der Waals surface area contributed by atoms with Gasteiger partial charge in [-0.2, -0.15) is 8.78 Å². The molecule has 5 rings (SSSR count). The number of piperazine rings is 1. The predicted molar refractivity (Wildman–Crippen MR) is 177 cm³/mol. The number of ether oxygens (including phenoxy) is 1. The number of hydrogen-bond donors (Lipinski definition) is 1. The van der Waals surface area contributed by atoms with Crippen LogP contribution in [0.5, 0.6) is 0 Å². The zero-order chi connectivity index (χ0) is 33.7. The molecule has 0 bridgehead atoms. The Hall–Kier alpha value is -4.13. The van der Waals surface area contributed by atoms with Crippen LogP contribution in [0.3, 0.4) is 0 Å². The van der Waals surface area contributed by atoms with Gasteiger partial charge in [0.1, 0.15) is 23.3 Å². The average Bonchev–Trinajstić information content (AvgIpc) is 3.49. The van der Waals surface area contributed by atoms with Gasteiger partial charge in [-0.15, -0.1) is 0 Å². The van der Waals surface area contributed by atoms with Gasteiger partial charge < -0.3 is 19.5 Å². The minimum atomic E-state index is -4.18. The summed E-state index contributed by atoms with van der Waals surface area (Å²) in [6.45, 7) is 7.86. The summed E-state index contributed by atoms with van der Waals surface area (Å²) in [5.41, 5.74) is -4.43. The van der Waals surface area contributed by atoms with Gasteiger partial charge in [0.25, 0.3) is 0 Å². The summed E-state index contributed by atoms with van der Waals surface area (Å²) >= 11 is 5.26. The molecule has 47 heavy (non-hydrogen) atoms. The molecule has 2 aliphatic carbocycles. The lowest BCUT2D eigenvalue weighted by molar-refractivity contribution is -0.181. The second-order valence-electron chi connectivity index (χ2n) is 11.3. The molecule has 1 fully saturated rings. The Morgan fingerprint density at radius 1 is 1.15 bits per heavy atom. The number of aromatic carboxylic acids is 1. The Kier molecular flexibility index (Phi) is 10.7. The lowest BCUT2D eigenvalue weighted by Gasteiger charge is -2.39. The molecular weight excluding hydrogens is 635 g/mol. The second kappa shape index (κ2) is 14.7. The molecule has 2 aliphatic heterocycles. The molecule has 1 aromatic rings. The molecule has 1 N–H and O–H groups in total. The number of carboxylic acid groups (broad SMARTS) is 1. The van der Waals surface area contributed by atoms with Crippen molar-refractivity contribution >= 4 is 41.6 Å². The average molecular weight is 672 g/mol. The van der Waals surface area contributed by atoms with E-state index in [0.717, 1.165) is 43.3 Å². The van der Waals surface area contributed by atoms with Crippen LogP contribution in [0.2, 0.25) is 0 Å². The highest BCUT2D eigenvalue weighted by molar-refractivity contribution is 6.20. The monoisotopic (exact) mass is 671 g/mol. The number of carbonyl (C=O) groups is 1. The lowest BCUT2D eigenvalue weighted by atomic mass is 10.1. The second-order valence-corrected chi connectivity index (χ2v) is 11.8. The van der Waals surface area contributed by atoms with E-state index in [9.17, 15) is 23.5 Å². The van der Waals surface area contributed by atoms with Crippen molar-refractivity contribution in [1.82, 2.24) is 19.3 Å². The summed E-state index contributed by atoms with van der Waals surface area (Å²) < 4.78 is 51.3. The van der Waals surface area contributed by atoms with Gasteiger partial charge in [0.2, 0.25) is 5.43 Å². The number of aliphatic imine (C=N–C) groups is 1. The van der Waals surface area contributed by atoms with Crippen molar-refractivity contribution in [3.63, 3.8) is 0 Å². The summed E-state index contributed by atoms with van der Waals surface area (Å²) in [5, 5.41) is 9.61. The maximum atomic E-state index is 16.3. The Bertz CT molecular complexity index is 1790. The van der Waals surface area contributed by atoms with Crippen LogP contribution in [0.25, 0.3) is 17.8 Å². The first-order chi connectivity index (χ1) is 22.5. The van der Waals surface area contributed by atoms with Crippen LogP contribution in [-0.2, 0) is 4.74 Å². The van der Waals surface area contributed by atoms with E-state index in [-0.39, 0.29) is 29.4 Å². The molecular formula is C34H37ClF3N5O4. The lowest BCUT2D eigenvalue weighted by Crippen LogP contribution is -2.49. The molecule has 4 aliphatic rings. The minimum Gasteiger partial charge on any atom is -0.477 e. The van der Waals surface area contributed by atoms with Gasteiger partial charge in [-0.3, -0.25) is 14.4 Å². The third-order valence-electron chi connectivity index (χ3n) is 8.44. The molecule has 1 aromatic heterocycles. The van der Waals surface area contributed by atoms with Gasteiger partial charge in [-0.05, 0) is 74.0 Å². The van der Waals surface area contributed by atoms with Crippen LogP contribution >= 0.6 is 11.6 Å². The number of likely N-dealkylation sites (N-methyl/N-ethyl adjacent to an activating group) is 1. The quantitative estimate of drug-likeness (QED) is 0.376. The fourth-order valence-electron chi connectivity index (χ4n) is 5.99. The number of nitrogens with zero attached hydrogens (tertiary/aromatic N) is 5. The van der Waals surface area contributed by atoms with Crippen LogP contribution in [0, 0.1) is 0 Å². The maximum Gasteiger partial charge on any atom is 0.441 e. The van der Waals surface area contributed by atoms with E-state index < -0.39 is 34.5 Å². The first kappa shape index (κ1) is 34.2. The number of halogens is 4. The minimum absolute atomic E-state index is 0.00311. The van der Waals surface area contributed by atoms with E-state index in [4.69, 9.17) is 16.3 Å². The normalized spacial score (nSPS) is 20.1. The first-order valence-corrected chi connectivity index (χ1v) is 15.9. The van der Waals surface area contributed by atoms with Crippen LogP contribution in [0.1, 0.15) is 37.0 Å². The van der Waals surface area contributed by atoms with Crippen LogP contribution in [0.4, 0.5) is 13.2 Å². The molecule has 0 amide bonds. The molecule has 0 aromatic carbocycles. The maximum absolute atomic E-state index is 16.3. The number of carboxylic acids is 1. The van der Waals surface area contributed by atoms with Gasteiger partial charge in [-0.1, -0.05) is 37.6 Å².